The molecule has 2 aromatic carbocycles. The van der Waals surface area contributed by atoms with Crippen LogP contribution in [0.4, 0.5) is 10.1 Å². The minimum absolute atomic E-state index is 0.192. The number of halogens is 1. The maximum absolute atomic E-state index is 14.2. The van der Waals surface area contributed by atoms with E-state index >= 15 is 0 Å². The molecule has 4 heteroatoms. The summed E-state index contributed by atoms with van der Waals surface area (Å²) in [5.41, 5.74) is 7.58. The summed E-state index contributed by atoms with van der Waals surface area (Å²) in [5, 5.41) is 2.60. The van der Waals surface area contributed by atoms with Gasteiger partial charge >= 0.3 is 0 Å². The first-order chi connectivity index (χ1) is 10.5. The normalized spacial score (nSPS) is 23.1. The predicted molar refractivity (Wildman–Crippen MR) is 85.4 cm³/mol. The molecule has 22 heavy (non-hydrogen) atoms. The Labute approximate surface area is 129 Å². The van der Waals surface area contributed by atoms with Crippen LogP contribution in [0.15, 0.2) is 48.5 Å². The third-order valence-corrected chi connectivity index (χ3v) is 4.46. The average Bonchev–Trinajstić information content (AvgIpc) is 3.23. The molecule has 0 saturated heterocycles. The van der Waals surface area contributed by atoms with Crippen molar-refractivity contribution in [1.82, 2.24) is 0 Å². The van der Waals surface area contributed by atoms with E-state index in [9.17, 15) is 9.18 Å². The van der Waals surface area contributed by atoms with E-state index in [2.05, 4.69) is 5.32 Å². The fourth-order valence-corrected chi connectivity index (χ4v) is 2.80. The lowest BCUT2D eigenvalue weighted by atomic mass is 10.0. The summed E-state index contributed by atoms with van der Waals surface area (Å²) >= 11 is 0. The van der Waals surface area contributed by atoms with Gasteiger partial charge in [0.2, 0.25) is 0 Å². The number of nitrogens with one attached hydrogen (secondary N) is 1. The van der Waals surface area contributed by atoms with E-state index in [0.717, 1.165) is 18.4 Å². The van der Waals surface area contributed by atoms with Crippen molar-refractivity contribution in [2.24, 2.45) is 5.73 Å². The zero-order chi connectivity index (χ0) is 15.7. The lowest BCUT2D eigenvalue weighted by Crippen LogP contribution is -2.22. The van der Waals surface area contributed by atoms with Crippen molar-refractivity contribution < 1.29 is 9.18 Å². The predicted octanol–water partition coefficient (Wildman–Crippen LogP) is 3.67. The number of carbonyl (C=O) groups excluding carboxylic acids is 1. The van der Waals surface area contributed by atoms with Crippen molar-refractivity contribution in [1.29, 1.82) is 0 Å². The standard InChI is InChI=1S/C18H19FN2O/c1-2-18(20)11-14(18)13-8-9-16(15(19)10-13)21-17(22)12-6-4-3-5-7-12/h3-10,14H,2,11,20H2,1H3,(H,21,22)/t14-,18-/m0/s1. The Balaban J connectivity index is 1.75. The Kier molecular flexibility index (Phi) is 3.71. The molecule has 3 N–H and O–H groups in total. The van der Waals surface area contributed by atoms with Crippen LogP contribution in [0, 0.1) is 5.82 Å². The second-order valence-corrected chi connectivity index (χ2v) is 5.90. The van der Waals surface area contributed by atoms with Crippen LogP contribution >= 0.6 is 0 Å². The zero-order valence-corrected chi connectivity index (χ0v) is 12.5. The van der Waals surface area contributed by atoms with Gasteiger partial charge in [-0.15, -0.1) is 0 Å². The highest BCUT2D eigenvalue weighted by atomic mass is 19.1. The topological polar surface area (TPSA) is 55.1 Å². The summed E-state index contributed by atoms with van der Waals surface area (Å²) in [6.45, 7) is 2.05. The molecule has 3 nitrogen and oxygen atoms in total. The quantitative estimate of drug-likeness (QED) is 0.904. The molecular formula is C18H19FN2O. The Morgan fingerprint density at radius 2 is 2.05 bits per heavy atom. The highest BCUT2D eigenvalue weighted by Gasteiger charge is 2.50. The monoisotopic (exact) mass is 298 g/mol. The van der Waals surface area contributed by atoms with Crippen molar-refractivity contribution in [3.05, 3.63) is 65.5 Å². The Morgan fingerprint density at radius 3 is 2.64 bits per heavy atom. The number of anilines is 1. The van der Waals surface area contributed by atoms with Gasteiger partial charge in [-0.05, 0) is 42.7 Å². The summed E-state index contributed by atoms with van der Waals surface area (Å²) in [6.07, 6.45) is 1.77. The molecule has 1 saturated carbocycles. The number of nitrogens with two attached hydrogens (primary N) is 1. The molecule has 0 aliphatic heterocycles. The van der Waals surface area contributed by atoms with Crippen LogP contribution in [0.5, 0.6) is 0 Å². The van der Waals surface area contributed by atoms with E-state index in [1.807, 2.05) is 19.1 Å². The molecule has 0 spiro atoms. The molecule has 1 fully saturated rings. The van der Waals surface area contributed by atoms with Crippen molar-refractivity contribution in [3.8, 4) is 0 Å². The van der Waals surface area contributed by atoms with Gasteiger partial charge in [0, 0.05) is 17.0 Å². The third kappa shape index (κ3) is 2.74. The van der Waals surface area contributed by atoms with Crippen molar-refractivity contribution in [2.75, 3.05) is 5.32 Å². The summed E-state index contributed by atoms with van der Waals surface area (Å²) in [6, 6.07) is 13.7. The molecule has 3 rings (SSSR count). The number of benzene rings is 2. The minimum atomic E-state index is -0.424. The van der Waals surface area contributed by atoms with Crippen LogP contribution in [0.25, 0.3) is 0 Å². The summed E-state index contributed by atoms with van der Waals surface area (Å²) in [5.74, 6) is -0.529. The molecular weight excluding hydrogens is 279 g/mol. The summed E-state index contributed by atoms with van der Waals surface area (Å²) < 4.78 is 14.2. The molecule has 0 heterocycles. The van der Waals surface area contributed by atoms with Gasteiger partial charge in [0.15, 0.2) is 0 Å². The van der Waals surface area contributed by atoms with E-state index in [4.69, 9.17) is 5.73 Å². The SMILES string of the molecule is CC[C@]1(N)C[C@H]1c1ccc(NC(=O)c2ccccc2)c(F)c1. The highest BCUT2D eigenvalue weighted by molar-refractivity contribution is 6.04. The molecule has 2 atom stereocenters. The molecule has 0 radical (unpaired) electrons. The van der Waals surface area contributed by atoms with E-state index in [1.165, 1.54) is 6.07 Å². The lowest BCUT2D eigenvalue weighted by Gasteiger charge is -2.10. The van der Waals surface area contributed by atoms with Gasteiger partial charge in [0.05, 0.1) is 5.69 Å². The largest absolute Gasteiger partial charge is 0.325 e. The lowest BCUT2D eigenvalue weighted by molar-refractivity contribution is 0.102. The van der Waals surface area contributed by atoms with Crippen molar-refractivity contribution >= 4 is 11.6 Å². The number of hydrogen-bond donors (Lipinski definition) is 2. The number of hydrogen-bond acceptors (Lipinski definition) is 2. The Morgan fingerprint density at radius 1 is 1.32 bits per heavy atom. The van der Waals surface area contributed by atoms with Crippen LogP contribution < -0.4 is 11.1 Å². The minimum Gasteiger partial charge on any atom is -0.325 e. The van der Waals surface area contributed by atoms with Gasteiger partial charge in [-0.1, -0.05) is 31.2 Å². The fraction of sp³-hybridized carbons (Fsp3) is 0.278. The molecule has 1 aliphatic rings. The highest BCUT2D eigenvalue weighted by Crippen LogP contribution is 2.51. The van der Waals surface area contributed by atoms with Crippen LogP contribution in [0.2, 0.25) is 0 Å². The van der Waals surface area contributed by atoms with Crippen LogP contribution in [-0.2, 0) is 0 Å². The molecule has 0 bridgehead atoms. The van der Waals surface area contributed by atoms with E-state index in [-0.39, 0.29) is 23.1 Å². The number of carbonyl (C=O) groups is 1. The van der Waals surface area contributed by atoms with E-state index in [1.54, 1.807) is 30.3 Å². The van der Waals surface area contributed by atoms with Gasteiger partial charge in [0.1, 0.15) is 5.82 Å². The van der Waals surface area contributed by atoms with Crippen LogP contribution in [-0.4, -0.2) is 11.4 Å². The average molecular weight is 298 g/mol. The smallest absolute Gasteiger partial charge is 0.255 e. The molecule has 1 aliphatic carbocycles. The first kappa shape index (κ1) is 14.7. The van der Waals surface area contributed by atoms with Crippen molar-refractivity contribution in [2.45, 2.75) is 31.2 Å². The molecule has 2 aromatic rings. The maximum Gasteiger partial charge on any atom is 0.255 e. The Bertz CT molecular complexity index is 701. The second-order valence-electron chi connectivity index (χ2n) is 5.90. The van der Waals surface area contributed by atoms with E-state index < -0.39 is 5.82 Å². The zero-order valence-electron chi connectivity index (χ0n) is 12.5. The van der Waals surface area contributed by atoms with E-state index in [0.29, 0.717) is 5.56 Å². The third-order valence-electron chi connectivity index (χ3n) is 4.46. The van der Waals surface area contributed by atoms with Gasteiger partial charge in [-0.2, -0.15) is 0 Å². The number of rotatable bonds is 4. The second kappa shape index (κ2) is 5.54. The van der Waals surface area contributed by atoms with Gasteiger partial charge in [-0.3, -0.25) is 4.79 Å². The Hall–Kier alpha value is -2.20. The number of amides is 1. The molecule has 1 amide bonds. The molecule has 0 unspecified atom stereocenters. The molecule has 114 valence electrons. The van der Waals surface area contributed by atoms with Crippen LogP contribution in [0.1, 0.15) is 41.6 Å². The summed E-state index contributed by atoms with van der Waals surface area (Å²) in [7, 11) is 0. The fourth-order valence-electron chi connectivity index (χ4n) is 2.80. The van der Waals surface area contributed by atoms with Crippen molar-refractivity contribution in [3.63, 3.8) is 0 Å². The summed E-state index contributed by atoms with van der Waals surface area (Å²) in [4.78, 5) is 12.0. The molecule has 0 aromatic heterocycles. The van der Waals surface area contributed by atoms with Gasteiger partial charge in [0.25, 0.3) is 5.91 Å². The maximum atomic E-state index is 14.2. The van der Waals surface area contributed by atoms with Gasteiger partial charge < -0.3 is 11.1 Å². The first-order valence-electron chi connectivity index (χ1n) is 7.48. The van der Waals surface area contributed by atoms with Crippen LogP contribution in [0.3, 0.4) is 0 Å². The first-order valence-corrected chi connectivity index (χ1v) is 7.48. The van der Waals surface area contributed by atoms with Gasteiger partial charge in [-0.25, -0.2) is 4.39 Å².